The summed E-state index contributed by atoms with van der Waals surface area (Å²) in [5, 5.41) is 12.7. The van der Waals surface area contributed by atoms with Crippen LogP contribution in [0, 0.1) is 0 Å². The minimum Gasteiger partial charge on any atom is -0.508 e. The zero-order valence-corrected chi connectivity index (χ0v) is 8.97. The van der Waals surface area contributed by atoms with Crippen molar-refractivity contribution in [1.29, 1.82) is 0 Å². The summed E-state index contributed by atoms with van der Waals surface area (Å²) < 4.78 is 1.53. The lowest BCUT2D eigenvalue weighted by Crippen LogP contribution is -2.25. The topological polar surface area (TPSA) is 67.2 Å². The molecule has 0 atom stereocenters. The lowest BCUT2D eigenvalue weighted by atomic mass is 10.2. The first-order valence-corrected chi connectivity index (χ1v) is 5.05. The van der Waals surface area contributed by atoms with Gasteiger partial charge in [0.15, 0.2) is 0 Å². The highest BCUT2D eigenvalue weighted by molar-refractivity contribution is 5.78. The molecule has 0 radical (unpaired) electrons. The van der Waals surface area contributed by atoms with E-state index in [9.17, 15) is 9.90 Å². The molecule has 0 aliphatic carbocycles. The molecular weight excluding hydrogens is 206 g/mol. The standard InChI is InChI=1S/C11H13N3O2/c1-12-4-5-14-7-13-10-3-2-8(15)6-9(10)11(14)16/h2-3,6-7,12,15H,4-5H2,1H3. The van der Waals surface area contributed by atoms with Crippen molar-refractivity contribution in [3.8, 4) is 5.75 Å². The van der Waals surface area contributed by atoms with Crippen LogP contribution in [-0.2, 0) is 6.54 Å². The smallest absolute Gasteiger partial charge is 0.261 e. The van der Waals surface area contributed by atoms with Crippen molar-refractivity contribution in [3.63, 3.8) is 0 Å². The normalized spacial score (nSPS) is 10.8. The molecule has 5 heteroatoms. The van der Waals surface area contributed by atoms with Crippen molar-refractivity contribution in [2.45, 2.75) is 6.54 Å². The first kappa shape index (κ1) is 10.6. The van der Waals surface area contributed by atoms with E-state index >= 15 is 0 Å². The van der Waals surface area contributed by atoms with Gasteiger partial charge in [-0.25, -0.2) is 4.98 Å². The fraction of sp³-hybridized carbons (Fsp3) is 0.273. The third-order valence-electron chi connectivity index (χ3n) is 2.41. The molecule has 0 aliphatic rings. The van der Waals surface area contributed by atoms with Crippen molar-refractivity contribution >= 4 is 10.9 Å². The number of aromatic nitrogens is 2. The van der Waals surface area contributed by atoms with Gasteiger partial charge in [0, 0.05) is 13.1 Å². The van der Waals surface area contributed by atoms with E-state index in [1.807, 2.05) is 7.05 Å². The highest BCUT2D eigenvalue weighted by Gasteiger charge is 2.04. The van der Waals surface area contributed by atoms with Crippen LogP contribution in [-0.4, -0.2) is 28.3 Å². The molecule has 16 heavy (non-hydrogen) atoms. The monoisotopic (exact) mass is 219 g/mol. The van der Waals surface area contributed by atoms with Gasteiger partial charge in [-0.3, -0.25) is 9.36 Å². The number of benzene rings is 1. The number of nitrogens with zero attached hydrogens (tertiary/aromatic N) is 2. The van der Waals surface area contributed by atoms with Crippen LogP contribution in [0.5, 0.6) is 5.75 Å². The predicted molar refractivity (Wildman–Crippen MR) is 61.6 cm³/mol. The van der Waals surface area contributed by atoms with Crippen molar-refractivity contribution in [2.24, 2.45) is 0 Å². The predicted octanol–water partition coefficient (Wildman–Crippen LogP) is 0.321. The van der Waals surface area contributed by atoms with Crippen molar-refractivity contribution in [1.82, 2.24) is 14.9 Å². The maximum absolute atomic E-state index is 12.0. The molecule has 2 rings (SSSR count). The number of phenolic OH excluding ortho intramolecular Hbond substituents is 1. The molecular formula is C11H13N3O2. The number of rotatable bonds is 3. The Morgan fingerprint density at radius 3 is 3.06 bits per heavy atom. The first-order valence-electron chi connectivity index (χ1n) is 5.05. The Labute approximate surface area is 92.4 Å². The quantitative estimate of drug-likeness (QED) is 0.780. The van der Waals surface area contributed by atoms with Gasteiger partial charge in [-0.15, -0.1) is 0 Å². The molecule has 0 aliphatic heterocycles. The van der Waals surface area contributed by atoms with Crippen LogP contribution in [0.2, 0.25) is 0 Å². The molecule has 1 heterocycles. The summed E-state index contributed by atoms with van der Waals surface area (Å²) >= 11 is 0. The van der Waals surface area contributed by atoms with E-state index in [4.69, 9.17) is 0 Å². The van der Waals surface area contributed by atoms with Crippen molar-refractivity contribution in [2.75, 3.05) is 13.6 Å². The van der Waals surface area contributed by atoms with Gasteiger partial charge in [-0.2, -0.15) is 0 Å². The van der Waals surface area contributed by atoms with E-state index in [1.54, 1.807) is 6.07 Å². The highest BCUT2D eigenvalue weighted by Crippen LogP contribution is 2.14. The second-order valence-corrected chi connectivity index (χ2v) is 3.55. The van der Waals surface area contributed by atoms with Crippen LogP contribution in [0.3, 0.4) is 0 Å². The summed E-state index contributed by atoms with van der Waals surface area (Å²) in [4.78, 5) is 16.1. The molecule has 0 amide bonds. The van der Waals surface area contributed by atoms with Gasteiger partial charge in [0.1, 0.15) is 5.75 Å². The zero-order chi connectivity index (χ0) is 11.5. The summed E-state index contributed by atoms with van der Waals surface area (Å²) in [6.07, 6.45) is 1.53. The van der Waals surface area contributed by atoms with E-state index in [0.717, 1.165) is 0 Å². The lowest BCUT2D eigenvalue weighted by Gasteiger charge is -2.05. The van der Waals surface area contributed by atoms with E-state index < -0.39 is 0 Å². The number of phenols is 1. The first-order chi connectivity index (χ1) is 7.72. The average Bonchev–Trinajstić information content (AvgIpc) is 2.29. The number of fused-ring (bicyclic) bond motifs is 1. The number of nitrogens with one attached hydrogen (secondary N) is 1. The van der Waals surface area contributed by atoms with Gasteiger partial charge < -0.3 is 10.4 Å². The van der Waals surface area contributed by atoms with Crippen LogP contribution in [0.1, 0.15) is 0 Å². The Kier molecular flexibility index (Phi) is 2.87. The van der Waals surface area contributed by atoms with Crippen LogP contribution in [0.4, 0.5) is 0 Å². The van der Waals surface area contributed by atoms with Gasteiger partial charge in [0.25, 0.3) is 5.56 Å². The van der Waals surface area contributed by atoms with E-state index in [2.05, 4.69) is 10.3 Å². The summed E-state index contributed by atoms with van der Waals surface area (Å²) in [6, 6.07) is 4.60. The molecule has 0 spiro atoms. The molecule has 1 aromatic carbocycles. The molecule has 84 valence electrons. The summed E-state index contributed by atoms with van der Waals surface area (Å²) in [5.74, 6) is 0.0813. The SMILES string of the molecule is CNCCn1cnc2ccc(O)cc2c1=O. The van der Waals surface area contributed by atoms with Gasteiger partial charge in [0.05, 0.1) is 17.2 Å². The maximum Gasteiger partial charge on any atom is 0.261 e. The lowest BCUT2D eigenvalue weighted by molar-refractivity contribution is 0.476. The number of aromatic hydroxyl groups is 1. The van der Waals surface area contributed by atoms with E-state index in [0.29, 0.717) is 24.0 Å². The largest absolute Gasteiger partial charge is 0.508 e. The number of likely N-dealkylation sites (N-methyl/N-ethyl adjacent to an activating group) is 1. The van der Waals surface area contributed by atoms with Crippen molar-refractivity contribution < 1.29 is 5.11 Å². The number of hydrogen-bond acceptors (Lipinski definition) is 4. The Hall–Kier alpha value is -1.88. The summed E-state index contributed by atoms with van der Waals surface area (Å²) in [7, 11) is 1.82. The Bertz CT molecular complexity index is 563. The molecule has 0 fully saturated rings. The maximum atomic E-state index is 12.0. The van der Waals surface area contributed by atoms with Crippen LogP contribution >= 0.6 is 0 Å². The molecule has 0 bridgehead atoms. The van der Waals surface area contributed by atoms with Gasteiger partial charge >= 0.3 is 0 Å². The van der Waals surface area contributed by atoms with Crippen LogP contribution < -0.4 is 10.9 Å². The minimum atomic E-state index is -0.129. The van der Waals surface area contributed by atoms with Gasteiger partial charge in [0.2, 0.25) is 0 Å². The zero-order valence-electron chi connectivity index (χ0n) is 8.97. The molecule has 0 unspecified atom stereocenters. The van der Waals surface area contributed by atoms with Crippen molar-refractivity contribution in [3.05, 3.63) is 34.9 Å². The fourth-order valence-electron chi connectivity index (χ4n) is 1.54. The third kappa shape index (κ3) is 1.90. The average molecular weight is 219 g/mol. The minimum absolute atomic E-state index is 0.0813. The molecule has 2 N–H and O–H groups in total. The summed E-state index contributed by atoms with van der Waals surface area (Å²) in [5.41, 5.74) is 0.472. The molecule has 2 aromatic rings. The van der Waals surface area contributed by atoms with Gasteiger partial charge in [-0.05, 0) is 25.2 Å². The molecule has 0 saturated heterocycles. The molecule has 5 nitrogen and oxygen atoms in total. The van der Waals surface area contributed by atoms with E-state index in [1.165, 1.54) is 23.0 Å². The van der Waals surface area contributed by atoms with Gasteiger partial charge in [-0.1, -0.05) is 0 Å². The third-order valence-corrected chi connectivity index (χ3v) is 2.41. The van der Waals surface area contributed by atoms with Crippen LogP contribution in [0.25, 0.3) is 10.9 Å². The molecule has 0 saturated carbocycles. The number of hydrogen-bond donors (Lipinski definition) is 2. The van der Waals surface area contributed by atoms with Crippen LogP contribution in [0.15, 0.2) is 29.3 Å². The highest BCUT2D eigenvalue weighted by atomic mass is 16.3. The fourth-order valence-corrected chi connectivity index (χ4v) is 1.54. The Morgan fingerprint density at radius 2 is 2.31 bits per heavy atom. The second-order valence-electron chi connectivity index (χ2n) is 3.55. The Morgan fingerprint density at radius 1 is 1.50 bits per heavy atom. The molecule has 1 aromatic heterocycles. The van der Waals surface area contributed by atoms with E-state index in [-0.39, 0.29) is 11.3 Å². The second kappa shape index (κ2) is 4.32. The summed E-state index contributed by atoms with van der Waals surface area (Å²) in [6.45, 7) is 1.26. The Balaban J connectivity index is 2.55.